The van der Waals surface area contributed by atoms with Crippen LogP contribution < -0.4 is 5.32 Å². The third kappa shape index (κ3) is 3.74. The van der Waals surface area contributed by atoms with Crippen LogP contribution in [-0.4, -0.2) is 45.8 Å². The first kappa shape index (κ1) is 15.8. The number of hydrogen-bond acceptors (Lipinski definition) is 3. The summed E-state index contributed by atoms with van der Waals surface area (Å²) >= 11 is 3.34. The van der Waals surface area contributed by atoms with Crippen molar-refractivity contribution in [3.8, 4) is 0 Å². The minimum atomic E-state index is -1.10. The molecule has 0 spiro atoms. The van der Waals surface area contributed by atoms with Crippen LogP contribution in [0.3, 0.4) is 0 Å². The molecule has 1 aromatic carbocycles. The predicted molar refractivity (Wildman–Crippen MR) is 79.8 cm³/mol. The summed E-state index contributed by atoms with van der Waals surface area (Å²) in [5, 5.41) is 21.4. The lowest BCUT2D eigenvalue weighted by Crippen LogP contribution is -2.46. The molecule has 1 heterocycles. The average molecular weight is 357 g/mol. The number of nitrogens with zero attached hydrogens (tertiary/aromatic N) is 1. The van der Waals surface area contributed by atoms with Gasteiger partial charge in [0.25, 0.3) is 0 Å². The van der Waals surface area contributed by atoms with Gasteiger partial charge in [-0.3, -0.25) is 0 Å². The van der Waals surface area contributed by atoms with E-state index in [0.29, 0.717) is 0 Å². The Kier molecular flexibility index (Phi) is 4.84. The van der Waals surface area contributed by atoms with Crippen LogP contribution in [-0.2, 0) is 4.79 Å². The van der Waals surface area contributed by atoms with Crippen molar-refractivity contribution >= 4 is 27.9 Å². The van der Waals surface area contributed by atoms with E-state index in [1.807, 2.05) is 31.2 Å². The zero-order valence-corrected chi connectivity index (χ0v) is 13.1. The third-order valence-electron chi connectivity index (χ3n) is 3.53. The van der Waals surface area contributed by atoms with Gasteiger partial charge in [0.15, 0.2) is 0 Å². The highest BCUT2D eigenvalue weighted by atomic mass is 79.9. The highest BCUT2D eigenvalue weighted by molar-refractivity contribution is 9.10. The van der Waals surface area contributed by atoms with Gasteiger partial charge in [-0.05, 0) is 24.6 Å². The summed E-state index contributed by atoms with van der Waals surface area (Å²) in [6, 6.07) is 5.80. The molecule has 1 aliphatic heterocycles. The number of hydrogen-bond donors (Lipinski definition) is 3. The lowest BCUT2D eigenvalue weighted by Gasteiger charge is -2.24. The minimum Gasteiger partial charge on any atom is -0.480 e. The zero-order valence-electron chi connectivity index (χ0n) is 11.5. The van der Waals surface area contributed by atoms with Crippen molar-refractivity contribution in [1.82, 2.24) is 10.2 Å². The van der Waals surface area contributed by atoms with Crippen molar-refractivity contribution in [2.75, 3.05) is 6.54 Å². The fourth-order valence-corrected chi connectivity index (χ4v) is 2.64. The molecule has 1 saturated heterocycles. The van der Waals surface area contributed by atoms with E-state index in [9.17, 15) is 14.7 Å². The molecular weight excluding hydrogens is 340 g/mol. The van der Waals surface area contributed by atoms with Gasteiger partial charge in [-0.2, -0.15) is 0 Å². The number of benzene rings is 1. The smallest absolute Gasteiger partial charge is 0.326 e. The van der Waals surface area contributed by atoms with Gasteiger partial charge in [-0.25, -0.2) is 9.59 Å². The molecule has 21 heavy (non-hydrogen) atoms. The Balaban J connectivity index is 2.03. The molecular formula is C14H17BrN2O4. The molecule has 3 N–H and O–H groups in total. The summed E-state index contributed by atoms with van der Waals surface area (Å²) in [4.78, 5) is 24.5. The number of amides is 2. The van der Waals surface area contributed by atoms with Crippen molar-refractivity contribution in [3.63, 3.8) is 0 Å². The van der Waals surface area contributed by atoms with E-state index in [1.54, 1.807) is 0 Å². The maximum absolute atomic E-state index is 12.2. The number of carboxylic acid groups (broad SMARTS) is 1. The van der Waals surface area contributed by atoms with Crippen LogP contribution in [0.1, 0.15) is 24.9 Å². The Labute approximate surface area is 130 Å². The van der Waals surface area contributed by atoms with Crippen LogP contribution in [0.15, 0.2) is 28.7 Å². The van der Waals surface area contributed by atoms with Gasteiger partial charge in [0, 0.05) is 17.4 Å². The fourth-order valence-electron chi connectivity index (χ4n) is 2.38. The molecule has 2 rings (SSSR count). The molecule has 114 valence electrons. The van der Waals surface area contributed by atoms with Gasteiger partial charge in [0.05, 0.1) is 12.1 Å². The first-order chi connectivity index (χ1) is 9.88. The Morgan fingerprint density at radius 3 is 2.57 bits per heavy atom. The Morgan fingerprint density at radius 2 is 2.00 bits per heavy atom. The molecule has 0 aromatic heterocycles. The molecule has 1 aromatic rings. The maximum Gasteiger partial charge on any atom is 0.326 e. The summed E-state index contributed by atoms with van der Waals surface area (Å²) in [5.41, 5.74) is 0.915. The van der Waals surface area contributed by atoms with Crippen molar-refractivity contribution in [3.05, 3.63) is 34.3 Å². The monoisotopic (exact) mass is 356 g/mol. The summed E-state index contributed by atoms with van der Waals surface area (Å²) < 4.78 is 0.943. The normalized spacial score (nSPS) is 22.9. The van der Waals surface area contributed by atoms with Crippen molar-refractivity contribution in [1.29, 1.82) is 0 Å². The summed E-state index contributed by atoms with van der Waals surface area (Å²) in [5.74, 6) is -1.10. The topological polar surface area (TPSA) is 89.9 Å². The van der Waals surface area contributed by atoms with Gasteiger partial charge in [-0.1, -0.05) is 28.1 Å². The summed E-state index contributed by atoms with van der Waals surface area (Å²) in [6.45, 7) is 1.86. The molecule has 0 aliphatic carbocycles. The van der Waals surface area contributed by atoms with E-state index >= 15 is 0 Å². The third-order valence-corrected chi connectivity index (χ3v) is 4.06. The predicted octanol–water partition coefficient (Wildman–Crippen LogP) is 1.74. The Morgan fingerprint density at radius 1 is 1.38 bits per heavy atom. The number of β-amino-alcohol motifs (C(OH)–C–C–N with tert-alkyl or cyclic N) is 1. The van der Waals surface area contributed by atoms with Crippen LogP contribution in [0.2, 0.25) is 0 Å². The molecule has 7 heteroatoms. The number of urea groups is 1. The van der Waals surface area contributed by atoms with Crippen LogP contribution >= 0.6 is 15.9 Å². The van der Waals surface area contributed by atoms with E-state index < -0.39 is 24.1 Å². The number of aliphatic hydroxyl groups is 1. The van der Waals surface area contributed by atoms with E-state index in [0.717, 1.165) is 10.0 Å². The average Bonchev–Trinajstić information content (AvgIpc) is 2.82. The number of halogens is 1. The first-order valence-electron chi connectivity index (χ1n) is 6.62. The zero-order chi connectivity index (χ0) is 15.6. The Hall–Kier alpha value is -1.60. The van der Waals surface area contributed by atoms with Crippen molar-refractivity contribution < 1.29 is 19.8 Å². The molecule has 1 aliphatic rings. The SMILES string of the molecule is CC(NC(=O)N1C[C@H](O)C[C@@H]1C(=O)O)c1ccc(Br)cc1. The lowest BCUT2D eigenvalue weighted by atomic mass is 10.1. The van der Waals surface area contributed by atoms with Crippen LogP contribution in [0.5, 0.6) is 0 Å². The van der Waals surface area contributed by atoms with Gasteiger partial charge in [-0.15, -0.1) is 0 Å². The second kappa shape index (κ2) is 6.44. The number of carboxylic acids is 1. The molecule has 2 amide bonds. The second-order valence-electron chi connectivity index (χ2n) is 5.12. The number of rotatable bonds is 3. The molecule has 0 radical (unpaired) electrons. The molecule has 0 saturated carbocycles. The van der Waals surface area contributed by atoms with Gasteiger partial charge < -0.3 is 20.4 Å². The minimum absolute atomic E-state index is 0.0376. The fraction of sp³-hybridized carbons (Fsp3) is 0.429. The first-order valence-corrected chi connectivity index (χ1v) is 7.41. The number of aliphatic hydroxyl groups excluding tert-OH is 1. The second-order valence-corrected chi connectivity index (χ2v) is 6.03. The number of carbonyl (C=O) groups is 2. The number of nitrogens with one attached hydrogen (secondary N) is 1. The van der Waals surface area contributed by atoms with Gasteiger partial charge >= 0.3 is 12.0 Å². The van der Waals surface area contributed by atoms with E-state index in [4.69, 9.17) is 5.11 Å². The van der Waals surface area contributed by atoms with Crippen molar-refractivity contribution in [2.24, 2.45) is 0 Å². The van der Waals surface area contributed by atoms with Crippen molar-refractivity contribution in [2.45, 2.75) is 31.5 Å². The van der Waals surface area contributed by atoms with Crippen LogP contribution in [0.4, 0.5) is 4.79 Å². The Bertz CT molecular complexity index is 534. The maximum atomic E-state index is 12.2. The molecule has 3 atom stereocenters. The van der Waals surface area contributed by atoms with Crippen LogP contribution in [0.25, 0.3) is 0 Å². The summed E-state index contributed by atoms with van der Waals surface area (Å²) in [7, 11) is 0. The van der Waals surface area contributed by atoms with E-state index in [1.165, 1.54) is 4.90 Å². The van der Waals surface area contributed by atoms with Gasteiger partial charge in [0.1, 0.15) is 6.04 Å². The summed E-state index contributed by atoms with van der Waals surface area (Å²) in [6.07, 6.45) is -0.727. The molecule has 0 bridgehead atoms. The molecule has 1 unspecified atom stereocenters. The number of aliphatic carboxylic acids is 1. The van der Waals surface area contributed by atoms with E-state index in [2.05, 4.69) is 21.2 Å². The highest BCUT2D eigenvalue weighted by Gasteiger charge is 2.39. The molecule has 6 nitrogen and oxygen atoms in total. The standard InChI is InChI=1S/C14H17BrN2O4/c1-8(9-2-4-10(15)5-3-9)16-14(21)17-7-11(18)6-12(17)13(19)20/h2-5,8,11-12,18H,6-7H2,1H3,(H,16,21)(H,19,20)/t8?,11-,12-/m1/s1. The number of likely N-dealkylation sites (tertiary alicyclic amines) is 1. The molecule has 1 fully saturated rings. The highest BCUT2D eigenvalue weighted by Crippen LogP contribution is 2.20. The quantitative estimate of drug-likeness (QED) is 0.769. The lowest BCUT2D eigenvalue weighted by molar-refractivity contribution is -0.141. The van der Waals surface area contributed by atoms with E-state index in [-0.39, 0.29) is 19.0 Å². The number of carbonyl (C=O) groups excluding carboxylic acids is 1. The van der Waals surface area contributed by atoms with Crippen LogP contribution in [0, 0.1) is 0 Å². The van der Waals surface area contributed by atoms with Gasteiger partial charge in [0.2, 0.25) is 0 Å². The largest absolute Gasteiger partial charge is 0.480 e.